The maximum Gasteiger partial charge on any atom is 0.408 e. The van der Waals surface area contributed by atoms with E-state index in [4.69, 9.17) is 4.74 Å². The number of aryl methyl sites for hydroxylation is 1. The number of halogens is 3. The predicted molar refractivity (Wildman–Crippen MR) is 76.2 cm³/mol. The van der Waals surface area contributed by atoms with Crippen LogP contribution in [0.3, 0.4) is 0 Å². The topological polar surface area (TPSA) is 64.9 Å². The summed E-state index contributed by atoms with van der Waals surface area (Å²) in [6, 6.07) is 1.41. The number of nitrogens with one attached hydrogen (secondary N) is 1. The van der Waals surface area contributed by atoms with Crippen LogP contribution in [0.2, 0.25) is 0 Å². The molecule has 0 unspecified atom stereocenters. The standard InChI is InChI=1S/C14H16F3N5O/c1-23-11-5-6-18-13(20-11)19-10-4-2-3-9-7-22(21-12(9)10)8-14(15,16)17/h5-7,10H,2-4,8H2,1H3,(H,18,19,20)/t10-/m1/s1. The van der Waals surface area contributed by atoms with Crippen LogP contribution >= 0.6 is 0 Å². The van der Waals surface area contributed by atoms with Crippen LogP contribution < -0.4 is 10.1 Å². The molecule has 0 saturated carbocycles. The van der Waals surface area contributed by atoms with Gasteiger partial charge in [0.2, 0.25) is 11.8 Å². The number of ether oxygens (including phenoxy) is 1. The molecule has 23 heavy (non-hydrogen) atoms. The lowest BCUT2D eigenvalue weighted by molar-refractivity contribution is -0.142. The summed E-state index contributed by atoms with van der Waals surface area (Å²) in [6.45, 7) is -1.08. The minimum atomic E-state index is -4.28. The van der Waals surface area contributed by atoms with Crippen LogP contribution in [-0.2, 0) is 13.0 Å². The van der Waals surface area contributed by atoms with Crippen LogP contribution in [0.4, 0.5) is 19.1 Å². The molecule has 0 fully saturated rings. The minimum absolute atomic E-state index is 0.208. The highest BCUT2D eigenvalue weighted by Gasteiger charge is 2.31. The summed E-state index contributed by atoms with van der Waals surface area (Å²) in [5.74, 6) is 0.786. The summed E-state index contributed by atoms with van der Waals surface area (Å²) in [6.07, 6.45) is 1.10. The summed E-state index contributed by atoms with van der Waals surface area (Å²) in [4.78, 5) is 8.27. The van der Waals surface area contributed by atoms with E-state index in [1.165, 1.54) is 13.3 Å². The third kappa shape index (κ3) is 3.72. The average molecular weight is 327 g/mol. The third-order valence-corrected chi connectivity index (χ3v) is 3.62. The zero-order chi connectivity index (χ0) is 16.4. The van der Waals surface area contributed by atoms with Gasteiger partial charge < -0.3 is 10.1 Å². The molecule has 1 aliphatic carbocycles. The van der Waals surface area contributed by atoms with Gasteiger partial charge in [0.05, 0.1) is 18.8 Å². The molecule has 3 rings (SSSR count). The molecule has 0 bridgehead atoms. The second kappa shape index (κ2) is 6.05. The maximum atomic E-state index is 12.5. The lowest BCUT2D eigenvalue weighted by Gasteiger charge is -2.22. The van der Waals surface area contributed by atoms with E-state index < -0.39 is 12.7 Å². The van der Waals surface area contributed by atoms with Crippen LogP contribution in [0.15, 0.2) is 18.5 Å². The summed E-state index contributed by atoms with van der Waals surface area (Å²) in [7, 11) is 1.50. The van der Waals surface area contributed by atoms with E-state index in [0.717, 1.165) is 29.5 Å². The monoisotopic (exact) mass is 327 g/mol. The molecule has 124 valence electrons. The van der Waals surface area contributed by atoms with Crippen molar-refractivity contribution in [3.63, 3.8) is 0 Å². The van der Waals surface area contributed by atoms with E-state index in [1.807, 2.05) is 0 Å². The fourth-order valence-electron chi connectivity index (χ4n) is 2.68. The van der Waals surface area contributed by atoms with E-state index >= 15 is 0 Å². The second-order valence-corrected chi connectivity index (χ2v) is 5.36. The number of hydrogen-bond donors (Lipinski definition) is 1. The van der Waals surface area contributed by atoms with E-state index in [-0.39, 0.29) is 6.04 Å². The molecule has 0 radical (unpaired) electrons. The first-order valence-corrected chi connectivity index (χ1v) is 7.21. The Morgan fingerprint density at radius 3 is 3.00 bits per heavy atom. The van der Waals surface area contributed by atoms with Gasteiger partial charge in [-0.1, -0.05) is 0 Å². The van der Waals surface area contributed by atoms with Gasteiger partial charge in [-0.15, -0.1) is 0 Å². The summed E-state index contributed by atoms with van der Waals surface area (Å²) in [5.41, 5.74) is 1.47. The van der Waals surface area contributed by atoms with E-state index in [2.05, 4.69) is 20.4 Å². The third-order valence-electron chi connectivity index (χ3n) is 3.62. The van der Waals surface area contributed by atoms with Crippen LogP contribution in [0.5, 0.6) is 5.88 Å². The molecule has 0 aliphatic heterocycles. The molecule has 0 aromatic carbocycles. The quantitative estimate of drug-likeness (QED) is 0.935. The second-order valence-electron chi connectivity index (χ2n) is 5.36. The van der Waals surface area contributed by atoms with Crippen molar-refractivity contribution < 1.29 is 17.9 Å². The largest absolute Gasteiger partial charge is 0.481 e. The summed E-state index contributed by atoms with van der Waals surface area (Å²) in [5, 5.41) is 7.23. The molecule has 9 heteroatoms. The van der Waals surface area contributed by atoms with Gasteiger partial charge in [0.25, 0.3) is 0 Å². The molecule has 1 aliphatic rings. The Kier molecular flexibility index (Phi) is 4.10. The molecular formula is C14H16F3N5O. The molecule has 0 spiro atoms. The van der Waals surface area contributed by atoms with Crippen LogP contribution in [0.25, 0.3) is 0 Å². The first-order valence-electron chi connectivity index (χ1n) is 7.21. The predicted octanol–water partition coefficient (Wildman–Crippen LogP) is 2.73. The number of anilines is 1. The number of fused-ring (bicyclic) bond motifs is 1. The highest BCUT2D eigenvalue weighted by atomic mass is 19.4. The normalized spacial score (nSPS) is 17.7. The van der Waals surface area contributed by atoms with Crippen LogP contribution in [0.1, 0.15) is 30.1 Å². The SMILES string of the molecule is COc1ccnc(N[C@@H]2CCCc3cn(CC(F)(F)F)nc32)n1. The zero-order valence-electron chi connectivity index (χ0n) is 12.5. The lowest BCUT2D eigenvalue weighted by Crippen LogP contribution is -2.20. The van der Waals surface area contributed by atoms with Gasteiger partial charge >= 0.3 is 6.18 Å². The highest BCUT2D eigenvalue weighted by Crippen LogP contribution is 2.31. The summed E-state index contributed by atoms with van der Waals surface area (Å²) >= 11 is 0. The van der Waals surface area contributed by atoms with Gasteiger partial charge in [-0.25, -0.2) is 4.98 Å². The van der Waals surface area contributed by atoms with Gasteiger partial charge in [-0.3, -0.25) is 4.68 Å². The maximum absolute atomic E-state index is 12.5. The van der Waals surface area contributed by atoms with E-state index in [0.29, 0.717) is 17.5 Å². The molecule has 1 atom stereocenters. The van der Waals surface area contributed by atoms with Crippen molar-refractivity contribution in [2.24, 2.45) is 0 Å². The first-order chi connectivity index (χ1) is 10.9. The Bertz CT molecular complexity index is 685. The molecule has 0 amide bonds. The number of nitrogens with zero attached hydrogens (tertiary/aromatic N) is 4. The van der Waals surface area contributed by atoms with Gasteiger partial charge in [0.1, 0.15) is 6.54 Å². The Labute approximate surface area is 130 Å². The van der Waals surface area contributed by atoms with Crippen LogP contribution in [-0.4, -0.2) is 33.0 Å². The van der Waals surface area contributed by atoms with Gasteiger partial charge in [0.15, 0.2) is 0 Å². The van der Waals surface area contributed by atoms with Crippen LogP contribution in [0, 0.1) is 0 Å². The molecule has 0 saturated heterocycles. The Morgan fingerprint density at radius 1 is 1.43 bits per heavy atom. The number of methoxy groups -OCH3 is 1. The Balaban J connectivity index is 1.80. The number of rotatable bonds is 4. The first kappa shape index (κ1) is 15.6. The van der Waals surface area contributed by atoms with Crippen molar-refractivity contribution in [3.8, 4) is 5.88 Å². The lowest BCUT2D eigenvalue weighted by atomic mass is 9.94. The van der Waals surface area contributed by atoms with Crippen molar-refractivity contribution in [3.05, 3.63) is 29.7 Å². The van der Waals surface area contributed by atoms with Gasteiger partial charge in [-0.05, 0) is 24.8 Å². The Morgan fingerprint density at radius 2 is 2.26 bits per heavy atom. The fraction of sp³-hybridized carbons (Fsp3) is 0.500. The van der Waals surface area contributed by atoms with E-state index in [1.54, 1.807) is 12.3 Å². The highest BCUT2D eigenvalue weighted by molar-refractivity contribution is 5.35. The number of alkyl halides is 3. The van der Waals surface area contributed by atoms with Gasteiger partial charge in [0, 0.05) is 18.5 Å². The Hall–Kier alpha value is -2.32. The zero-order valence-corrected chi connectivity index (χ0v) is 12.5. The molecule has 1 N–H and O–H groups in total. The van der Waals surface area contributed by atoms with Gasteiger partial charge in [-0.2, -0.15) is 23.3 Å². The molecule has 2 aromatic rings. The number of hydrogen-bond acceptors (Lipinski definition) is 5. The molecule has 6 nitrogen and oxygen atoms in total. The van der Waals surface area contributed by atoms with Crippen molar-refractivity contribution >= 4 is 5.95 Å². The fourth-order valence-corrected chi connectivity index (χ4v) is 2.68. The van der Waals surface area contributed by atoms with Crippen molar-refractivity contribution in [2.75, 3.05) is 12.4 Å². The van der Waals surface area contributed by atoms with E-state index in [9.17, 15) is 13.2 Å². The van der Waals surface area contributed by atoms with Crippen molar-refractivity contribution in [2.45, 2.75) is 38.0 Å². The molecule has 2 aromatic heterocycles. The molecular weight excluding hydrogens is 311 g/mol. The van der Waals surface area contributed by atoms with Crippen molar-refractivity contribution in [1.82, 2.24) is 19.7 Å². The number of aromatic nitrogens is 4. The van der Waals surface area contributed by atoms with Crippen molar-refractivity contribution in [1.29, 1.82) is 0 Å². The smallest absolute Gasteiger partial charge is 0.408 e. The minimum Gasteiger partial charge on any atom is -0.481 e. The summed E-state index contributed by atoms with van der Waals surface area (Å²) < 4.78 is 43.6. The average Bonchev–Trinajstić information content (AvgIpc) is 2.89. The molecule has 2 heterocycles.